The van der Waals surface area contributed by atoms with Crippen molar-refractivity contribution in [2.24, 2.45) is 5.92 Å². The fourth-order valence-corrected chi connectivity index (χ4v) is 4.02. The predicted molar refractivity (Wildman–Crippen MR) is 100 cm³/mol. The summed E-state index contributed by atoms with van der Waals surface area (Å²) in [5.74, 6) is 1.10. The molecule has 3 aromatic rings. The topological polar surface area (TPSA) is 57.0 Å². The van der Waals surface area contributed by atoms with E-state index < -0.39 is 0 Å². The van der Waals surface area contributed by atoms with Gasteiger partial charge in [-0.15, -0.1) is 0 Å². The lowest BCUT2D eigenvalue weighted by Crippen LogP contribution is -2.28. The number of methoxy groups -OCH3 is 1. The minimum atomic E-state index is -0.155. The molecule has 5 nitrogen and oxygen atoms in total. The van der Waals surface area contributed by atoms with Gasteiger partial charge >= 0.3 is 0 Å². The first-order valence-electron chi connectivity index (χ1n) is 7.94. The van der Waals surface area contributed by atoms with Gasteiger partial charge in [0.1, 0.15) is 5.75 Å². The third-order valence-electron chi connectivity index (χ3n) is 4.46. The summed E-state index contributed by atoms with van der Waals surface area (Å²) in [7, 11) is 1.62. The molecule has 0 spiro atoms. The summed E-state index contributed by atoms with van der Waals surface area (Å²) in [4.78, 5) is 22.1. The number of benzene rings is 1. The van der Waals surface area contributed by atoms with Gasteiger partial charge in [0, 0.05) is 21.8 Å². The monoisotopic (exact) mass is 419 g/mol. The summed E-state index contributed by atoms with van der Waals surface area (Å²) in [5, 5.41) is 0.994. The molecule has 1 aliphatic carbocycles. The Labute approximate surface area is 157 Å². The van der Waals surface area contributed by atoms with Gasteiger partial charge in [0.2, 0.25) is 0 Å². The Hall–Kier alpha value is -1.92. The van der Waals surface area contributed by atoms with Crippen LogP contribution in [0.25, 0.3) is 10.9 Å². The Morgan fingerprint density at radius 3 is 2.84 bits per heavy atom. The van der Waals surface area contributed by atoms with E-state index in [4.69, 9.17) is 16.3 Å². The molecule has 1 unspecified atom stereocenters. The van der Waals surface area contributed by atoms with Crippen molar-refractivity contribution in [1.82, 2.24) is 14.5 Å². The zero-order valence-electron chi connectivity index (χ0n) is 13.4. The molecule has 7 heteroatoms. The van der Waals surface area contributed by atoms with E-state index in [1.807, 2.05) is 6.07 Å². The van der Waals surface area contributed by atoms with E-state index in [-0.39, 0.29) is 11.6 Å². The molecular formula is C18H15BrClN3O2. The number of hydrogen-bond acceptors (Lipinski definition) is 4. The first kappa shape index (κ1) is 16.5. The van der Waals surface area contributed by atoms with Crippen LogP contribution in [0.4, 0.5) is 0 Å². The van der Waals surface area contributed by atoms with Crippen LogP contribution in [0.5, 0.6) is 5.75 Å². The molecule has 0 bridgehead atoms. The van der Waals surface area contributed by atoms with Crippen LogP contribution < -0.4 is 10.3 Å². The average Bonchev–Trinajstić information content (AvgIpc) is 3.43. The highest BCUT2D eigenvalue weighted by atomic mass is 79.9. The number of pyridine rings is 1. The van der Waals surface area contributed by atoms with Gasteiger partial charge in [-0.25, -0.2) is 4.98 Å². The van der Waals surface area contributed by atoms with E-state index in [1.54, 1.807) is 42.4 Å². The van der Waals surface area contributed by atoms with Crippen LogP contribution in [-0.4, -0.2) is 21.6 Å². The zero-order chi connectivity index (χ0) is 17.6. The van der Waals surface area contributed by atoms with Crippen LogP contribution in [0, 0.1) is 5.92 Å². The first-order valence-corrected chi connectivity index (χ1v) is 9.11. The Morgan fingerprint density at radius 2 is 2.12 bits per heavy atom. The second kappa shape index (κ2) is 6.42. The Balaban J connectivity index is 1.91. The highest BCUT2D eigenvalue weighted by molar-refractivity contribution is 9.10. The number of aromatic nitrogens is 3. The normalized spacial score (nSPS) is 15.3. The first-order chi connectivity index (χ1) is 12.1. The highest BCUT2D eigenvalue weighted by Gasteiger charge is 2.35. The number of hydrogen-bond donors (Lipinski definition) is 0. The second-order valence-electron chi connectivity index (χ2n) is 6.14. The van der Waals surface area contributed by atoms with E-state index >= 15 is 0 Å². The summed E-state index contributed by atoms with van der Waals surface area (Å²) < 4.78 is 7.69. The van der Waals surface area contributed by atoms with Crippen LogP contribution in [-0.2, 0) is 0 Å². The van der Waals surface area contributed by atoms with Crippen LogP contribution in [0.3, 0.4) is 0 Å². The summed E-state index contributed by atoms with van der Waals surface area (Å²) in [6.45, 7) is 0. The van der Waals surface area contributed by atoms with E-state index in [0.29, 0.717) is 26.3 Å². The largest absolute Gasteiger partial charge is 0.497 e. The zero-order valence-corrected chi connectivity index (χ0v) is 15.8. The number of fused-ring (bicyclic) bond motifs is 1. The Morgan fingerprint density at radius 1 is 1.32 bits per heavy atom. The molecule has 1 aliphatic rings. The maximum Gasteiger partial charge on any atom is 0.261 e. The minimum Gasteiger partial charge on any atom is -0.497 e. The molecule has 128 valence electrons. The standard InChI is InChI=1S/C18H15BrClN3O2/c1-25-12-4-5-21-15(8-12)17(10-2-3-10)23-9-22-16-13(18(23)24)6-11(20)7-14(16)19/h4-10,17H,2-3H2,1H3. The van der Waals surface area contributed by atoms with Crippen LogP contribution in [0.2, 0.25) is 5.02 Å². The lowest BCUT2D eigenvalue weighted by atomic mass is 10.1. The lowest BCUT2D eigenvalue weighted by molar-refractivity contribution is 0.410. The van der Waals surface area contributed by atoms with Crippen LogP contribution in [0.15, 0.2) is 46.1 Å². The molecule has 1 aromatic carbocycles. The Bertz CT molecular complexity index is 1020. The van der Waals surface area contributed by atoms with Crippen molar-refractivity contribution in [2.45, 2.75) is 18.9 Å². The van der Waals surface area contributed by atoms with Crippen molar-refractivity contribution in [3.63, 3.8) is 0 Å². The van der Waals surface area contributed by atoms with Gasteiger partial charge in [-0.3, -0.25) is 14.3 Å². The average molecular weight is 421 g/mol. The molecule has 1 fully saturated rings. The molecule has 0 amide bonds. The van der Waals surface area contributed by atoms with Gasteiger partial charge in [0.15, 0.2) is 0 Å². The number of ether oxygens (including phenoxy) is 1. The molecule has 1 atom stereocenters. The van der Waals surface area contributed by atoms with Crippen LogP contribution in [0.1, 0.15) is 24.6 Å². The molecule has 0 saturated heterocycles. The number of halogens is 2. The lowest BCUT2D eigenvalue weighted by Gasteiger charge is -2.19. The summed E-state index contributed by atoms with van der Waals surface area (Å²) in [6.07, 6.45) is 5.44. The summed E-state index contributed by atoms with van der Waals surface area (Å²) >= 11 is 9.55. The predicted octanol–water partition coefficient (Wildman–Crippen LogP) is 4.22. The molecule has 2 aromatic heterocycles. The SMILES string of the molecule is COc1ccnc(C(C2CC2)n2cnc3c(Br)cc(Cl)cc3c2=O)c1. The van der Waals surface area contributed by atoms with Crippen molar-refractivity contribution in [3.05, 3.63) is 62.3 Å². The third kappa shape index (κ3) is 3.04. The fraction of sp³-hybridized carbons (Fsp3) is 0.278. The van der Waals surface area contributed by atoms with Crippen molar-refractivity contribution < 1.29 is 4.74 Å². The molecule has 4 rings (SSSR count). The molecule has 25 heavy (non-hydrogen) atoms. The van der Waals surface area contributed by atoms with Gasteiger partial charge in [-0.05, 0) is 52.9 Å². The maximum atomic E-state index is 13.1. The molecule has 0 aliphatic heterocycles. The molecule has 0 N–H and O–H groups in total. The smallest absolute Gasteiger partial charge is 0.261 e. The molecule has 2 heterocycles. The van der Waals surface area contributed by atoms with Gasteiger partial charge < -0.3 is 4.74 Å². The van der Waals surface area contributed by atoms with Crippen molar-refractivity contribution in [2.75, 3.05) is 7.11 Å². The fourth-order valence-electron chi connectivity index (χ4n) is 3.11. The van der Waals surface area contributed by atoms with Gasteiger partial charge in [-0.2, -0.15) is 0 Å². The second-order valence-corrected chi connectivity index (χ2v) is 7.43. The Kier molecular flexibility index (Phi) is 4.25. The van der Waals surface area contributed by atoms with E-state index in [9.17, 15) is 4.79 Å². The maximum absolute atomic E-state index is 13.1. The highest BCUT2D eigenvalue weighted by Crippen LogP contribution is 2.43. The summed E-state index contributed by atoms with van der Waals surface area (Å²) in [5.41, 5.74) is 1.31. The third-order valence-corrected chi connectivity index (χ3v) is 5.29. The van der Waals surface area contributed by atoms with Crippen molar-refractivity contribution in [1.29, 1.82) is 0 Å². The molecule has 0 radical (unpaired) electrons. The van der Waals surface area contributed by atoms with Gasteiger partial charge in [0.25, 0.3) is 5.56 Å². The van der Waals surface area contributed by atoms with Crippen molar-refractivity contribution in [3.8, 4) is 5.75 Å². The van der Waals surface area contributed by atoms with E-state index in [1.165, 1.54) is 0 Å². The number of nitrogens with zero attached hydrogens (tertiary/aromatic N) is 3. The van der Waals surface area contributed by atoms with E-state index in [2.05, 4.69) is 25.9 Å². The number of rotatable bonds is 4. The van der Waals surface area contributed by atoms with Gasteiger partial charge in [-0.1, -0.05) is 11.6 Å². The molecular weight excluding hydrogens is 406 g/mol. The quantitative estimate of drug-likeness (QED) is 0.634. The van der Waals surface area contributed by atoms with Crippen molar-refractivity contribution >= 4 is 38.4 Å². The van der Waals surface area contributed by atoms with E-state index in [0.717, 1.165) is 24.3 Å². The molecule has 1 saturated carbocycles. The summed E-state index contributed by atoms with van der Waals surface area (Å²) in [6, 6.07) is 6.93. The van der Waals surface area contributed by atoms with Gasteiger partial charge in [0.05, 0.1) is 36.1 Å². The van der Waals surface area contributed by atoms with Crippen LogP contribution >= 0.6 is 27.5 Å². The minimum absolute atomic E-state index is 0.116.